The van der Waals surface area contributed by atoms with Crippen LogP contribution in [0.2, 0.25) is 0 Å². The van der Waals surface area contributed by atoms with Crippen molar-refractivity contribution >= 4 is 44.1 Å². The van der Waals surface area contributed by atoms with Crippen molar-refractivity contribution < 1.29 is 13.2 Å². The quantitative estimate of drug-likeness (QED) is 0.680. The lowest BCUT2D eigenvalue weighted by atomic mass is 10.1. The first-order chi connectivity index (χ1) is 12.4. The number of nitrogens with zero attached hydrogens (tertiary/aromatic N) is 3. The van der Waals surface area contributed by atoms with E-state index in [0.29, 0.717) is 11.6 Å². The van der Waals surface area contributed by atoms with E-state index >= 15 is 0 Å². The van der Waals surface area contributed by atoms with Crippen LogP contribution < -0.4 is 5.32 Å². The monoisotopic (exact) mass is 390 g/mol. The number of sulfone groups is 1. The molecule has 0 spiro atoms. The number of thioether (sulfide) groups is 1. The Hall–Kier alpha value is -2.13. The summed E-state index contributed by atoms with van der Waals surface area (Å²) >= 11 is 1.30. The number of benzene rings is 1. The molecule has 1 saturated heterocycles. The fourth-order valence-electron chi connectivity index (χ4n) is 3.28. The van der Waals surface area contributed by atoms with Gasteiger partial charge in [0.15, 0.2) is 20.6 Å². The van der Waals surface area contributed by atoms with Crippen LogP contribution in [0.15, 0.2) is 35.5 Å². The van der Waals surface area contributed by atoms with Gasteiger partial charge in [-0.25, -0.2) is 8.42 Å². The smallest absolute Gasteiger partial charge is 0.230 e. The lowest BCUT2D eigenvalue weighted by Crippen LogP contribution is -2.36. The largest absolute Gasteiger partial charge is 0.352 e. The highest BCUT2D eigenvalue weighted by atomic mass is 32.2. The maximum absolute atomic E-state index is 12.2. The summed E-state index contributed by atoms with van der Waals surface area (Å²) in [6.45, 7) is 2.03. The van der Waals surface area contributed by atoms with Crippen LogP contribution in [0.3, 0.4) is 0 Å². The third-order valence-electron chi connectivity index (χ3n) is 4.50. The van der Waals surface area contributed by atoms with E-state index in [1.54, 1.807) is 0 Å². The van der Waals surface area contributed by atoms with E-state index in [2.05, 4.69) is 15.5 Å². The van der Waals surface area contributed by atoms with Crippen LogP contribution in [0.1, 0.15) is 12.0 Å². The summed E-state index contributed by atoms with van der Waals surface area (Å²) in [6, 6.07) is 9.69. The van der Waals surface area contributed by atoms with Crippen LogP contribution in [-0.2, 0) is 14.6 Å². The van der Waals surface area contributed by atoms with Crippen LogP contribution in [0.4, 0.5) is 0 Å². The molecule has 1 atom stereocenters. The Morgan fingerprint density at radius 1 is 1.35 bits per heavy atom. The molecule has 1 aliphatic heterocycles. The summed E-state index contributed by atoms with van der Waals surface area (Å²) in [5.41, 5.74) is 2.86. The normalized spacial score (nSPS) is 19.2. The summed E-state index contributed by atoms with van der Waals surface area (Å²) in [6.07, 6.45) is 0.483. The molecule has 3 aromatic rings. The molecule has 7 nitrogen and oxygen atoms in total. The number of carbonyl (C=O) groups excluding carboxylic acids is 1. The number of nitrogens with one attached hydrogen (secondary N) is 1. The van der Waals surface area contributed by atoms with Crippen molar-refractivity contribution in [3.05, 3.63) is 35.9 Å². The van der Waals surface area contributed by atoms with Crippen LogP contribution >= 0.6 is 11.8 Å². The topological polar surface area (TPSA) is 93.4 Å². The van der Waals surface area contributed by atoms with Crippen LogP contribution in [0.5, 0.6) is 0 Å². The molecule has 0 bridgehead atoms. The Bertz CT molecular complexity index is 1110. The number of hydrogen-bond donors (Lipinski definition) is 1. The van der Waals surface area contributed by atoms with Crippen molar-refractivity contribution in [3.63, 3.8) is 0 Å². The van der Waals surface area contributed by atoms with Crippen molar-refractivity contribution in [2.24, 2.45) is 0 Å². The van der Waals surface area contributed by atoms with Gasteiger partial charge in [-0.05, 0) is 31.0 Å². The fraction of sp³-hybridized carbons (Fsp3) is 0.353. The van der Waals surface area contributed by atoms with Crippen molar-refractivity contribution in [1.29, 1.82) is 0 Å². The summed E-state index contributed by atoms with van der Waals surface area (Å²) in [5.74, 6) is 0.150. The number of pyridine rings is 1. The third-order valence-corrected chi connectivity index (χ3v) is 7.20. The van der Waals surface area contributed by atoms with Gasteiger partial charge in [-0.3, -0.25) is 9.20 Å². The molecule has 1 aromatic carbocycles. The van der Waals surface area contributed by atoms with Gasteiger partial charge in [0.25, 0.3) is 0 Å². The molecule has 4 rings (SSSR count). The zero-order chi connectivity index (χ0) is 18.3. The fourth-order valence-corrected chi connectivity index (χ4v) is 5.71. The minimum Gasteiger partial charge on any atom is -0.352 e. The first-order valence-electron chi connectivity index (χ1n) is 8.29. The number of para-hydroxylation sites is 1. The van der Waals surface area contributed by atoms with Gasteiger partial charge in [-0.1, -0.05) is 30.0 Å². The molecule has 1 aliphatic rings. The second kappa shape index (κ2) is 6.55. The predicted octanol–water partition coefficient (Wildman–Crippen LogP) is 1.59. The number of rotatable bonds is 4. The molecule has 0 radical (unpaired) electrons. The number of carbonyl (C=O) groups is 1. The molecule has 9 heteroatoms. The van der Waals surface area contributed by atoms with Gasteiger partial charge in [0.2, 0.25) is 5.91 Å². The lowest BCUT2D eigenvalue weighted by molar-refractivity contribution is -0.119. The van der Waals surface area contributed by atoms with Gasteiger partial charge in [-0.2, -0.15) is 0 Å². The van der Waals surface area contributed by atoms with E-state index in [1.165, 1.54) is 11.8 Å². The number of aryl methyl sites for hydroxylation is 1. The van der Waals surface area contributed by atoms with Crippen molar-refractivity contribution in [3.8, 4) is 0 Å². The molecule has 1 N–H and O–H groups in total. The van der Waals surface area contributed by atoms with E-state index < -0.39 is 9.84 Å². The average Bonchev–Trinajstić information content (AvgIpc) is 3.16. The zero-order valence-corrected chi connectivity index (χ0v) is 15.8. The van der Waals surface area contributed by atoms with Crippen molar-refractivity contribution in [1.82, 2.24) is 19.9 Å². The molecule has 2 aromatic heterocycles. The Balaban J connectivity index is 1.53. The summed E-state index contributed by atoms with van der Waals surface area (Å²) in [5, 5.41) is 13.0. The Labute approximate surface area is 155 Å². The highest BCUT2D eigenvalue weighted by Gasteiger charge is 2.28. The number of amides is 1. The second-order valence-electron chi connectivity index (χ2n) is 6.48. The Morgan fingerprint density at radius 3 is 2.92 bits per heavy atom. The number of fused-ring (bicyclic) bond motifs is 3. The maximum Gasteiger partial charge on any atom is 0.230 e. The molecule has 0 saturated carbocycles. The summed E-state index contributed by atoms with van der Waals surface area (Å²) < 4.78 is 24.9. The second-order valence-corrected chi connectivity index (χ2v) is 9.65. The first-order valence-corrected chi connectivity index (χ1v) is 11.1. The zero-order valence-electron chi connectivity index (χ0n) is 14.2. The van der Waals surface area contributed by atoms with Gasteiger partial charge in [0.1, 0.15) is 0 Å². The Kier molecular flexibility index (Phi) is 4.36. The minimum absolute atomic E-state index is 0.0290. The highest BCUT2D eigenvalue weighted by molar-refractivity contribution is 7.99. The van der Waals surface area contributed by atoms with Crippen molar-refractivity contribution in [2.45, 2.75) is 24.5 Å². The van der Waals surface area contributed by atoms with Gasteiger partial charge in [0.05, 0.1) is 22.8 Å². The van der Waals surface area contributed by atoms with Gasteiger partial charge < -0.3 is 5.32 Å². The number of aromatic nitrogens is 3. The minimum atomic E-state index is -3.00. The lowest BCUT2D eigenvalue weighted by Gasteiger charge is -2.10. The van der Waals surface area contributed by atoms with E-state index in [9.17, 15) is 13.2 Å². The molecule has 26 heavy (non-hydrogen) atoms. The molecule has 0 unspecified atom stereocenters. The van der Waals surface area contributed by atoms with Crippen LogP contribution in [-0.4, -0.2) is 52.2 Å². The Morgan fingerprint density at radius 2 is 2.15 bits per heavy atom. The third kappa shape index (κ3) is 3.28. The molecular weight excluding hydrogens is 372 g/mol. The van der Waals surface area contributed by atoms with E-state index in [0.717, 1.165) is 22.1 Å². The summed E-state index contributed by atoms with van der Waals surface area (Å²) in [7, 11) is -3.00. The van der Waals surface area contributed by atoms with Gasteiger partial charge in [0, 0.05) is 11.4 Å². The predicted molar refractivity (Wildman–Crippen MR) is 101 cm³/mol. The molecule has 3 heterocycles. The van der Waals surface area contributed by atoms with E-state index in [1.807, 2.05) is 41.7 Å². The van der Waals surface area contributed by atoms with E-state index in [4.69, 9.17) is 0 Å². The molecular formula is C17H18N4O3S2. The van der Waals surface area contributed by atoms with E-state index in [-0.39, 0.29) is 29.2 Å². The van der Waals surface area contributed by atoms with Gasteiger partial charge >= 0.3 is 0 Å². The summed E-state index contributed by atoms with van der Waals surface area (Å²) in [4.78, 5) is 12.2. The first kappa shape index (κ1) is 17.3. The van der Waals surface area contributed by atoms with Gasteiger partial charge in [-0.15, -0.1) is 10.2 Å². The average molecular weight is 390 g/mol. The van der Waals surface area contributed by atoms with Crippen molar-refractivity contribution in [2.75, 3.05) is 17.3 Å². The maximum atomic E-state index is 12.2. The molecule has 136 valence electrons. The molecule has 1 amide bonds. The SMILES string of the molecule is Cc1cc2nnc(SCC(=O)N[C@H]3CCS(=O)(=O)C3)n2c2ccccc12. The standard InChI is InChI=1S/C17H18N4O3S2/c1-11-8-15-19-20-17(21(15)14-5-3-2-4-13(11)14)25-9-16(22)18-12-6-7-26(23,24)10-12/h2-5,8,12H,6-7,9-10H2,1H3,(H,18,22)/t12-/m0/s1. The molecule has 1 fully saturated rings. The molecule has 0 aliphatic carbocycles. The van der Waals surface area contributed by atoms with Crippen LogP contribution in [0, 0.1) is 6.92 Å². The van der Waals surface area contributed by atoms with Crippen LogP contribution in [0.25, 0.3) is 16.6 Å². The number of hydrogen-bond acceptors (Lipinski definition) is 6. The highest BCUT2D eigenvalue weighted by Crippen LogP contribution is 2.25.